The van der Waals surface area contributed by atoms with Gasteiger partial charge in [-0.05, 0) is 55.7 Å². The Bertz CT molecular complexity index is 967. The van der Waals surface area contributed by atoms with E-state index >= 15 is 0 Å². The third-order valence-corrected chi connectivity index (χ3v) is 7.89. The molecule has 0 bridgehead atoms. The fourth-order valence-corrected chi connectivity index (χ4v) is 6.03. The molecule has 26 heavy (non-hydrogen) atoms. The minimum atomic E-state index is -3.51. The molecule has 1 N–H and O–H groups in total. The van der Waals surface area contributed by atoms with Gasteiger partial charge in [0.05, 0.1) is 4.90 Å². The SMILES string of the molecule is CCc1cc2c3c([nH]c2cc1S(=O)(=O)N1CCC(C)CC1)CCCC3=O. The summed E-state index contributed by atoms with van der Waals surface area (Å²) in [4.78, 5) is 16.1. The summed E-state index contributed by atoms with van der Waals surface area (Å²) in [6.45, 7) is 5.32. The largest absolute Gasteiger partial charge is 0.358 e. The minimum absolute atomic E-state index is 0.167. The molecule has 0 saturated carbocycles. The number of nitrogens with zero attached hydrogens (tertiary/aromatic N) is 1. The van der Waals surface area contributed by atoms with Crippen LogP contribution in [0.3, 0.4) is 0 Å². The lowest BCUT2D eigenvalue weighted by Crippen LogP contribution is -2.38. The minimum Gasteiger partial charge on any atom is -0.358 e. The highest BCUT2D eigenvalue weighted by Crippen LogP contribution is 2.34. The quantitative estimate of drug-likeness (QED) is 0.891. The Morgan fingerprint density at radius 1 is 1.19 bits per heavy atom. The van der Waals surface area contributed by atoms with Gasteiger partial charge in [-0.2, -0.15) is 4.31 Å². The van der Waals surface area contributed by atoms with Crippen LogP contribution < -0.4 is 0 Å². The number of carbonyl (C=O) groups excluding carboxylic acids is 1. The van der Waals surface area contributed by atoms with E-state index in [0.29, 0.717) is 36.7 Å². The van der Waals surface area contributed by atoms with Gasteiger partial charge in [-0.1, -0.05) is 13.8 Å². The van der Waals surface area contributed by atoms with E-state index in [1.54, 1.807) is 10.4 Å². The zero-order chi connectivity index (χ0) is 18.5. The van der Waals surface area contributed by atoms with E-state index in [2.05, 4.69) is 11.9 Å². The van der Waals surface area contributed by atoms with E-state index in [-0.39, 0.29) is 5.78 Å². The molecular formula is C20H26N2O3S. The second-order valence-electron chi connectivity index (χ2n) is 7.70. The number of H-pyrrole nitrogens is 1. The number of benzene rings is 1. The van der Waals surface area contributed by atoms with E-state index in [4.69, 9.17) is 0 Å². The number of carbonyl (C=O) groups is 1. The lowest BCUT2D eigenvalue weighted by molar-refractivity contribution is 0.0974. The molecular weight excluding hydrogens is 348 g/mol. The van der Waals surface area contributed by atoms with Gasteiger partial charge in [-0.15, -0.1) is 0 Å². The van der Waals surface area contributed by atoms with Crippen molar-refractivity contribution in [3.63, 3.8) is 0 Å². The monoisotopic (exact) mass is 374 g/mol. The molecule has 6 heteroatoms. The Labute approximate surface area is 154 Å². The number of sulfonamides is 1. The molecule has 0 spiro atoms. The third-order valence-electron chi connectivity index (χ3n) is 5.91. The van der Waals surface area contributed by atoms with Crippen LogP contribution in [0.15, 0.2) is 17.0 Å². The van der Waals surface area contributed by atoms with Crippen molar-refractivity contribution in [2.45, 2.75) is 57.3 Å². The third kappa shape index (κ3) is 2.79. The topological polar surface area (TPSA) is 70.2 Å². The van der Waals surface area contributed by atoms with Gasteiger partial charge in [0.25, 0.3) is 0 Å². The van der Waals surface area contributed by atoms with Crippen LogP contribution in [0.5, 0.6) is 0 Å². The molecule has 140 valence electrons. The average molecular weight is 375 g/mol. The number of aryl methyl sites for hydroxylation is 2. The van der Waals surface area contributed by atoms with Crippen molar-refractivity contribution < 1.29 is 13.2 Å². The van der Waals surface area contributed by atoms with Crippen LogP contribution in [0.25, 0.3) is 10.9 Å². The first-order valence-electron chi connectivity index (χ1n) is 9.62. The van der Waals surface area contributed by atoms with Crippen LogP contribution in [-0.2, 0) is 22.9 Å². The van der Waals surface area contributed by atoms with Gasteiger partial charge in [-0.25, -0.2) is 8.42 Å². The molecule has 1 aromatic heterocycles. The van der Waals surface area contributed by atoms with E-state index in [9.17, 15) is 13.2 Å². The van der Waals surface area contributed by atoms with Crippen molar-refractivity contribution in [3.8, 4) is 0 Å². The normalized spacial score (nSPS) is 19.8. The van der Waals surface area contributed by atoms with Crippen molar-refractivity contribution in [1.29, 1.82) is 0 Å². The predicted molar refractivity (Wildman–Crippen MR) is 102 cm³/mol. The second kappa shape index (κ2) is 6.50. The molecule has 2 aromatic rings. The Hall–Kier alpha value is -1.66. The lowest BCUT2D eigenvalue weighted by atomic mass is 9.94. The van der Waals surface area contributed by atoms with Crippen molar-refractivity contribution in [3.05, 3.63) is 29.0 Å². The van der Waals surface area contributed by atoms with Crippen molar-refractivity contribution >= 4 is 26.7 Å². The highest BCUT2D eigenvalue weighted by Gasteiger charge is 2.31. The Kier molecular flexibility index (Phi) is 4.43. The van der Waals surface area contributed by atoms with Gasteiger partial charge in [-0.3, -0.25) is 4.79 Å². The number of rotatable bonds is 3. The molecule has 1 aliphatic heterocycles. The molecule has 0 atom stereocenters. The molecule has 0 radical (unpaired) electrons. The molecule has 5 nitrogen and oxygen atoms in total. The molecule has 1 fully saturated rings. The van der Waals surface area contributed by atoms with E-state index in [1.807, 2.05) is 13.0 Å². The molecule has 2 heterocycles. The standard InChI is InChI=1S/C20H26N2O3S/c1-3-14-11-15-17(21-16-5-4-6-18(23)20(15)16)12-19(14)26(24,25)22-9-7-13(2)8-10-22/h11-13,21H,3-10H2,1-2H3. The summed E-state index contributed by atoms with van der Waals surface area (Å²) in [5, 5.41) is 0.882. The van der Waals surface area contributed by atoms with Crippen molar-refractivity contribution in [2.75, 3.05) is 13.1 Å². The van der Waals surface area contributed by atoms with Gasteiger partial charge < -0.3 is 4.98 Å². The Morgan fingerprint density at radius 2 is 1.92 bits per heavy atom. The summed E-state index contributed by atoms with van der Waals surface area (Å²) in [6, 6.07) is 3.68. The maximum Gasteiger partial charge on any atom is 0.243 e. The second-order valence-corrected chi connectivity index (χ2v) is 9.61. The first-order chi connectivity index (χ1) is 12.4. The van der Waals surface area contributed by atoms with Gasteiger partial charge >= 0.3 is 0 Å². The van der Waals surface area contributed by atoms with Gasteiger partial charge in [0, 0.05) is 41.7 Å². The first-order valence-corrected chi connectivity index (χ1v) is 11.1. The fourth-order valence-electron chi connectivity index (χ4n) is 4.26. The fraction of sp³-hybridized carbons (Fsp3) is 0.550. The number of aromatic nitrogens is 1. The summed E-state index contributed by atoms with van der Waals surface area (Å²) in [6.07, 6.45) is 4.73. The summed E-state index contributed by atoms with van der Waals surface area (Å²) >= 11 is 0. The van der Waals surface area contributed by atoms with E-state index < -0.39 is 10.0 Å². The van der Waals surface area contributed by atoms with Crippen LogP contribution in [0.4, 0.5) is 0 Å². The zero-order valence-corrected chi connectivity index (χ0v) is 16.3. The van der Waals surface area contributed by atoms with Crippen LogP contribution in [0, 0.1) is 5.92 Å². The van der Waals surface area contributed by atoms with Crippen molar-refractivity contribution in [2.24, 2.45) is 5.92 Å². The van der Waals surface area contributed by atoms with Crippen LogP contribution in [0.2, 0.25) is 0 Å². The number of aromatic amines is 1. The van der Waals surface area contributed by atoms with Gasteiger partial charge in [0.15, 0.2) is 5.78 Å². The molecule has 1 saturated heterocycles. The number of nitrogens with one attached hydrogen (secondary N) is 1. The van der Waals surface area contributed by atoms with Gasteiger partial charge in [0.2, 0.25) is 10.0 Å². The molecule has 2 aliphatic rings. The maximum absolute atomic E-state index is 13.3. The number of fused-ring (bicyclic) bond motifs is 3. The molecule has 1 aromatic carbocycles. The Morgan fingerprint density at radius 3 is 2.62 bits per heavy atom. The highest BCUT2D eigenvalue weighted by molar-refractivity contribution is 7.89. The van der Waals surface area contributed by atoms with E-state index in [1.165, 1.54) is 0 Å². The number of ketones is 1. The lowest BCUT2D eigenvalue weighted by Gasteiger charge is -2.30. The summed E-state index contributed by atoms with van der Waals surface area (Å²) in [5.74, 6) is 0.746. The maximum atomic E-state index is 13.3. The van der Waals surface area contributed by atoms with Crippen LogP contribution in [-0.4, -0.2) is 36.6 Å². The average Bonchev–Trinajstić information content (AvgIpc) is 2.99. The van der Waals surface area contributed by atoms with Crippen molar-refractivity contribution in [1.82, 2.24) is 9.29 Å². The van der Waals surface area contributed by atoms with Gasteiger partial charge in [0.1, 0.15) is 0 Å². The number of Topliss-reactive ketones (excluding diaryl/α,β-unsaturated/α-hetero) is 1. The highest BCUT2D eigenvalue weighted by atomic mass is 32.2. The molecule has 4 rings (SSSR count). The molecule has 1 aliphatic carbocycles. The number of piperidine rings is 1. The first kappa shape index (κ1) is 17.7. The smallest absolute Gasteiger partial charge is 0.243 e. The van der Waals surface area contributed by atoms with Crippen LogP contribution >= 0.6 is 0 Å². The zero-order valence-electron chi connectivity index (χ0n) is 15.5. The summed E-state index contributed by atoms with van der Waals surface area (Å²) < 4.78 is 28.2. The summed E-state index contributed by atoms with van der Waals surface area (Å²) in [5.41, 5.74) is 3.30. The molecule has 0 amide bonds. The van der Waals surface area contributed by atoms with E-state index in [0.717, 1.165) is 53.4 Å². The van der Waals surface area contributed by atoms with Crippen LogP contribution in [0.1, 0.15) is 61.1 Å². The Balaban J connectivity index is 1.84. The number of hydrogen-bond donors (Lipinski definition) is 1. The predicted octanol–water partition coefficient (Wildman–Crippen LogP) is 3.67. The summed E-state index contributed by atoms with van der Waals surface area (Å²) in [7, 11) is -3.51. The molecule has 0 unspecified atom stereocenters. The number of hydrogen-bond acceptors (Lipinski definition) is 3.